The number of nitrogens with one attached hydrogen (secondary N) is 2. The van der Waals surface area contributed by atoms with E-state index in [1.165, 1.54) is 18.4 Å². The van der Waals surface area contributed by atoms with Crippen LogP contribution in [0.15, 0.2) is 36.3 Å². The van der Waals surface area contributed by atoms with Gasteiger partial charge < -0.3 is 20.1 Å². The topological polar surface area (TPSA) is 59.6 Å². The van der Waals surface area contributed by atoms with Crippen LogP contribution in [0.25, 0.3) is 0 Å². The Kier molecular flexibility index (Phi) is 5.94. The molecule has 1 aromatic rings. The summed E-state index contributed by atoms with van der Waals surface area (Å²) in [6.45, 7) is 2.91. The summed E-state index contributed by atoms with van der Waals surface area (Å²) >= 11 is 0. The predicted octanol–water partition coefficient (Wildman–Crippen LogP) is 2.82. The molecule has 8 heteroatoms. The average molecular weight is 344 g/mol. The number of amides is 2. The summed E-state index contributed by atoms with van der Waals surface area (Å²) in [4.78, 5) is 11.8. The van der Waals surface area contributed by atoms with Crippen LogP contribution in [-0.2, 0) is 22.1 Å². The number of carbonyl (C=O) groups is 1. The van der Waals surface area contributed by atoms with E-state index < -0.39 is 11.7 Å². The first kappa shape index (κ1) is 18.0. The maximum atomic E-state index is 12.5. The summed E-state index contributed by atoms with van der Waals surface area (Å²) in [6.07, 6.45) is -2.47. The number of alkyl halides is 3. The maximum Gasteiger partial charge on any atom is 0.416 e. The van der Waals surface area contributed by atoms with Gasteiger partial charge in [0.05, 0.1) is 12.1 Å². The Morgan fingerprint density at radius 3 is 2.54 bits per heavy atom. The first-order chi connectivity index (χ1) is 11.3. The van der Waals surface area contributed by atoms with Crippen LogP contribution in [0.5, 0.6) is 0 Å². The van der Waals surface area contributed by atoms with Crippen LogP contribution in [0, 0.1) is 0 Å². The zero-order chi connectivity index (χ0) is 17.6. The molecule has 0 saturated heterocycles. The van der Waals surface area contributed by atoms with Crippen LogP contribution < -0.4 is 10.6 Å². The van der Waals surface area contributed by atoms with Crippen molar-refractivity contribution in [3.05, 3.63) is 47.4 Å². The molecule has 1 aliphatic heterocycles. The van der Waals surface area contributed by atoms with E-state index in [1.54, 1.807) is 6.92 Å². The Morgan fingerprint density at radius 1 is 1.25 bits per heavy atom. The molecular formula is C16H19F3N2O3. The van der Waals surface area contributed by atoms with Crippen LogP contribution in [0.4, 0.5) is 18.0 Å². The number of rotatable bonds is 5. The Morgan fingerprint density at radius 2 is 1.96 bits per heavy atom. The molecule has 0 radical (unpaired) electrons. The second-order valence-electron chi connectivity index (χ2n) is 5.43. The number of ether oxygens (including phenoxy) is 2. The Hall–Kier alpha value is -2.38. The van der Waals surface area contributed by atoms with Gasteiger partial charge in [-0.15, -0.1) is 0 Å². The fourth-order valence-electron chi connectivity index (χ4n) is 2.18. The molecule has 1 unspecified atom stereocenters. The molecule has 0 spiro atoms. The number of halogens is 3. The first-order valence-electron chi connectivity index (χ1n) is 7.48. The summed E-state index contributed by atoms with van der Waals surface area (Å²) in [5.74, 6) is 0.534. The van der Waals surface area contributed by atoms with Gasteiger partial charge in [0.15, 0.2) is 0 Å². The number of benzene rings is 1. The minimum atomic E-state index is -4.35. The second kappa shape index (κ2) is 7.94. The van der Waals surface area contributed by atoms with Gasteiger partial charge in [0.1, 0.15) is 25.2 Å². The third-order valence-corrected chi connectivity index (χ3v) is 3.33. The van der Waals surface area contributed by atoms with Crippen LogP contribution in [-0.4, -0.2) is 31.8 Å². The van der Waals surface area contributed by atoms with Crippen molar-refractivity contribution in [1.82, 2.24) is 10.6 Å². The number of carbonyl (C=O) groups excluding carboxylic acids is 1. The lowest BCUT2D eigenvalue weighted by Crippen LogP contribution is -2.42. The highest BCUT2D eigenvalue weighted by Crippen LogP contribution is 2.29. The van der Waals surface area contributed by atoms with Gasteiger partial charge in [-0.25, -0.2) is 4.79 Å². The van der Waals surface area contributed by atoms with Crippen molar-refractivity contribution in [2.45, 2.75) is 25.6 Å². The summed E-state index contributed by atoms with van der Waals surface area (Å²) < 4.78 is 47.8. The van der Waals surface area contributed by atoms with Crippen molar-refractivity contribution >= 4 is 6.03 Å². The molecule has 2 rings (SSSR count). The third-order valence-electron chi connectivity index (χ3n) is 3.33. The lowest BCUT2D eigenvalue weighted by molar-refractivity contribution is -0.137. The van der Waals surface area contributed by atoms with Crippen LogP contribution in [0.3, 0.4) is 0 Å². The summed E-state index contributed by atoms with van der Waals surface area (Å²) in [7, 11) is 0. The average Bonchev–Trinajstić information content (AvgIpc) is 2.53. The lowest BCUT2D eigenvalue weighted by atomic mass is 10.1. The summed E-state index contributed by atoms with van der Waals surface area (Å²) in [5, 5.41) is 5.34. The van der Waals surface area contributed by atoms with Crippen molar-refractivity contribution in [2.24, 2.45) is 0 Å². The van der Waals surface area contributed by atoms with Crippen molar-refractivity contribution < 1.29 is 27.4 Å². The van der Waals surface area contributed by atoms with E-state index in [9.17, 15) is 18.0 Å². The SMILES string of the molecule is CC(Cc1ccc(C(F)(F)F)cc1)NC(=O)NCC1=COCCO1. The minimum absolute atomic E-state index is 0.207. The Balaban J connectivity index is 1.76. The molecule has 0 fully saturated rings. The molecule has 2 N–H and O–H groups in total. The van der Waals surface area contributed by atoms with Crippen molar-refractivity contribution in [3.63, 3.8) is 0 Å². The third kappa shape index (κ3) is 5.68. The lowest BCUT2D eigenvalue weighted by Gasteiger charge is -2.18. The number of urea groups is 1. The maximum absolute atomic E-state index is 12.5. The van der Waals surface area contributed by atoms with Gasteiger partial charge in [-0.3, -0.25) is 0 Å². The predicted molar refractivity (Wildman–Crippen MR) is 81.1 cm³/mol. The fraction of sp³-hybridized carbons (Fsp3) is 0.438. The zero-order valence-corrected chi connectivity index (χ0v) is 13.2. The van der Waals surface area contributed by atoms with E-state index in [1.807, 2.05) is 0 Å². The molecule has 0 aromatic heterocycles. The molecule has 5 nitrogen and oxygen atoms in total. The molecule has 24 heavy (non-hydrogen) atoms. The smallest absolute Gasteiger partial charge is 0.416 e. The van der Waals surface area contributed by atoms with Gasteiger partial charge in [0.2, 0.25) is 0 Å². The monoisotopic (exact) mass is 344 g/mol. The molecule has 0 bridgehead atoms. The van der Waals surface area contributed by atoms with Crippen LogP contribution in [0.2, 0.25) is 0 Å². The number of hydrogen-bond acceptors (Lipinski definition) is 3. The molecule has 1 atom stereocenters. The van der Waals surface area contributed by atoms with E-state index in [4.69, 9.17) is 9.47 Å². The fourth-order valence-corrected chi connectivity index (χ4v) is 2.18. The zero-order valence-electron chi connectivity index (χ0n) is 13.2. The molecule has 1 heterocycles. The van der Waals surface area contributed by atoms with Gasteiger partial charge in [0, 0.05) is 6.04 Å². The molecule has 1 aliphatic rings. The molecule has 132 valence electrons. The van der Waals surface area contributed by atoms with E-state index in [0.29, 0.717) is 31.0 Å². The normalized spacial score (nSPS) is 15.6. The Labute approximate surface area is 137 Å². The van der Waals surface area contributed by atoms with E-state index >= 15 is 0 Å². The van der Waals surface area contributed by atoms with Crippen molar-refractivity contribution in [2.75, 3.05) is 19.8 Å². The minimum Gasteiger partial charge on any atom is -0.494 e. The Bertz CT molecular complexity index is 585. The summed E-state index contributed by atoms with van der Waals surface area (Å²) in [5.41, 5.74) is 0.0232. The van der Waals surface area contributed by atoms with Gasteiger partial charge in [-0.05, 0) is 31.0 Å². The van der Waals surface area contributed by atoms with Gasteiger partial charge in [0.25, 0.3) is 0 Å². The van der Waals surface area contributed by atoms with Crippen LogP contribution in [0.1, 0.15) is 18.1 Å². The quantitative estimate of drug-likeness (QED) is 0.864. The van der Waals surface area contributed by atoms with E-state index in [0.717, 1.165) is 12.1 Å². The molecule has 2 amide bonds. The summed E-state index contributed by atoms with van der Waals surface area (Å²) in [6, 6.07) is 4.28. The van der Waals surface area contributed by atoms with Crippen molar-refractivity contribution in [1.29, 1.82) is 0 Å². The van der Waals surface area contributed by atoms with Gasteiger partial charge in [-0.1, -0.05) is 12.1 Å². The standard InChI is InChI=1S/C16H19F3N2O3/c1-11(8-12-2-4-13(5-3-12)16(17,18)19)21-15(22)20-9-14-10-23-6-7-24-14/h2-5,10-11H,6-9H2,1H3,(H2,20,21,22). The highest BCUT2D eigenvalue weighted by molar-refractivity contribution is 5.74. The highest BCUT2D eigenvalue weighted by Gasteiger charge is 2.29. The molecular weight excluding hydrogens is 325 g/mol. The highest BCUT2D eigenvalue weighted by atomic mass is 19.4. The number of hydrogen-bond donors (Lipinski definition) is 2. The molecule has 0 saturated carbocycles. The largest absolute Gasteiger partial charge is 0.494 e. The molecule has 0 aliphatic carbocycles. The first-order valence-corrected chi connectivity index (χ1v) is 7.48. The van der Waals surface area contributed by atoms with Crippen molar-refractivity contribution in [3.8, 4) is 0 Å². The van der Waals surface area contributed by atoms with Crippen LogP contribution >= 0.6 is 0 Å². The van der Waals surface area contributed by atoms with Gasteiger partial charge in [-0.2, -0.15) is 13.2 Å². The van der Waals surface area contributed by atoms with Gasteiger partial charge >= 0.3 is 12.2 Å². The molecule has 1 aromatic carbocycles. The van der Waals surface area contributed by atoms with E-state index in [2.05, 4.69) is 10.6 Å². The van der Waals surface area contributed by atoms with E-state index in [-0.39, 0.29) is 18.6 Å². The second-order valence-corrected chi connectivity index (χ2v) is 5.43.